The van der Waals surface area contributed by atoms with Gasteiger partial charge in [-0.1, -0.05) is 44.2 Å². The van der Waals surface area contributed by atoms with Crippen LogP contribution in [0.15, 0.2) is 30.3 Å². The number of carbonyl (C=O) groups excluding carboxylic acids is 5. The van der Waals surface area contributed by atoms with Crippen LogP contribution in [0.25, 0.3) is 0 Å². The molecule has 4 amide bonds. The first-order valence-electron chi connectivity index (χ1n) is 10.4. The number of amides is 4. The molecule has 1 rings (SSSR count). The van der Waals surface area contributed by atoms with Crippen molar-refractivity contribution in [3.63, 3.8) is 0 Å². The van der Waals surface area contributed by atoms with Gasteiger partial charge >= 0.3 is 5.97 Å². The fourth-order valence-corrected chi connectivity index (χ4v) is 2.86. The molecule has 33 heavy (non-hydrogen) atoms. The second kappa shape index (κ2) is 13.6. The van der Waals surface area contributed by atoms with E-state index in [4.69, 9.17) is 5.11 Å². The van der Waals surface area contributed by atoms with Gasteiger partial charge in [-0.15, -0.1) is 0 Å². The number of nitrogens with one attached hydrogen (secondary N) is 4. The van der Waals surface area contributed by atoms with E-state index >= 15 is 0 Å². The van der Waals surface area contributed by atoms with Gasteiger partial charge in [0.2, 0.25) is 23.6 Å². The zero-order valence-electron chi connectivity index (χ0n) is 18.8. The third-order valence-corrected chi connectivity index (χ3v) is 4.47. The summed E-state index contributed by atoms with van der Waals surface area (Å²) in [7, 11) is 0. The summed E-state index contributed by atoms with van der Waals surface area (Å²) in [6.07, 6.45) is -0.487. The van der Waals surface area contributed by atoms with Crippen LogP contribution in [0.5, 0.6) is 0 Å². The summed E-state index contributed by atoms with van der Waals surface area (Å²) in [5.74, 6) is -4.49. The first-order valence-corrected chi connectivity index (χ1v) is 10.4. The van der Waals surface area contributed by atoms with Gasteiger partial charge in [-0.2, -0.15) is 0 Å². The van der Waals surface area contributed by atoms with Crippen LogP contribution >= 0.6 is 0 Å². The van der Waals surface area contributed by atoms with Gasteiger partial charge in [0.15, 0.2) is 5.78 Å². The third kappa shape index (κ3) is 10.9. The molecular formula is C22H30N4O7. The maximum atomic E-state index is 12.5. The molecule has 2 atom stereocenters. The monoisotopic (exact) mass is 462 g/mol. The molecule has 11 nitrogen and oxygen atoms in total. The van der Waals surface area contributed by atoms with Gasteiger partial charge in [0.25, 0.3) is 0 Å². The topological polar surface area (TPSA) is 171 Å². The number of rotatable bonds is 13. The number of hydrogen-bond acceptors (Lipinski definition) is 6. The number of carboxylic acid groups (broad SMARTS) is 1. The maximum Gasteiger partial charge on any atom is 0.305 e. The Balaban J connectivity index is 2.57. The van der Waals surface area contributed by atoms with Gasteiger partial charge in [0, 0.05) is 13.3 Å². The molecule has 1 aromatic rings. The van der Waals surface area contributed by atoms with Crippen LogP contribution in [0.1, 0.15) is 32.8 Å². The Kier molecular flexibility index (Phi) is 11.2. The zero-order valence-corrected chi connectivity index (χ0v) is 18.8. The van der Waals surface area contributed by atoms with E-state index in [1.165, 1.54) is 0 Å². The SMILES string of the molecule is CC(=O)N[C@@H](CC(=O)O)C(=O)NCC(=O)NC(C(=O)NCC(=O)Cc1ccccc1)C(C)C. The van der Waals surface area contributed by atoms with Crippen molar-refractivity contribution >= 4 is 35.4 Å². The molecule has 0 spiro atoms. The highest BCUT2D eigenvalue weighted by molar-refractivity contribution is 5.94. The van der Waals surface area contributed by atoms with Gasteiger partial charge in [-0.05, 0) is 11.5 Å². The average molecular weight is 463 g/mol. The zero-order chi connectivity index (χ0) is 25.0. The average Bonchev–Trinajstić information content (AvgIpc) is 2.73. The maximum absolute atomic E-state index is 12.5. The summed E-state index contributed by atoms with van der Waals surface area (Å²) in [5.41, 5.74) is 0.821. The van der Waals surface area contributed by atoms with Gasteiger partial charge in [0.1, 0.15) is 12.1 Å². The highest BCUT2D eigenvalue weighted by Gasteiger charge is 2.26. The molecule has 1 unspecified atom stereocenters. The molecule has 1 aromatic carbocycles. The fourth-order valence-electron chi connectivity index (χ4n) is 2.86. The second-order valence-electron chi connectivity index (χ2n) is 7.78. The van der Waals surface area contributed by atoms with E-state index in [2.05, 4.69) is 21.3 Å². The van der Waals surface area contributed by atoms with Crippen molar-refractivity contribution in [2.75, 3.05) is 13.1 Å². The predicted molar refractivity (Wildman–Crippen MR) is 118 cm³/mol. The van der Waals surface area contributed by atoms with Crippen LogP contribution in [0.3, 0.4) is 0 Å². The van der Waals surface area contributed by atoms with Crippen molar-refractivity contribution in [3.05, 3.63) is 35.9 Å². The first kappa shape index (κ1) is 27.3. The lowest BCUT2D eigenvalue weighted by Gasteiger charge is -2.22. The standard InChI is InChI=1S/C22H30N4O7/c1-13(2)20(22(33)23-11-16(28)9-15-7-5-4-6-8-15)26-18(29)12-24-21(32)17(10-19(30)31)25-14(3)27/h4-8,13,17,20H,9-12H2,1-3H3,(H,23,33)(H,24,32)(H,25,27)(H,26,29)(H,30,31)/t17-,20?/m0/s1. The molecule has 11 heteroatoms. The number of ketones is 1. The van der Waals surface area contributed by atoms with Crippen LogP contribution in [0, 0.1) is 5.92 Å². The van der Waals surface area contributed by atoms with Crippen LogP contribution in [-0.4, -0.2) is 65.7 Å². The van der Waals surface area contributed by atoms with Crippen molar-refractivity contribution < 1.29 is 33.9 Å². The molecule has 0 aliphatic heterocycles. The quantitative estimate of drug-likeness (QED) is 0.254. The summed E-state index contributed by atoms with van der Waals surface area (Å²) in [6, 6.07) is 6.77. The minimum Gasteiger partial charge on any atom is -0.481 e. The van der Waals surface area contributed by atoms with Crippen molar-refractivity contribution in [2.24, 2.45) is 5.92 Å². The highest BCUT2D eigenvalue weighted by atomic mass is 16.4. The third-order valence-electron chi connectivity index (χ3n) is 4.47. The van der Waals surface area contributed by atoms with E-state index in [1.807, 2.05) is 18.2 Å². The number of aliphatic carboxylic acids is 1. The molecule has 0 saturated carbocycles. The Morgan fingerprint density at radius 3 is 2.03 bits per heavy atom. The van der Waals surface area contributed by atoms with Crippen LogP contribution in [0.2, 0.25) is 0 Å². The lowest BCUT2D eigenvalue weighted by atomic mass is 10.0. The number of hydrogen-bond donors (Lipinski definition) is 5. The largest absolute Gasteiger partial charge is 0.481 e. The Bertz CT molecular complexity index is 855. The molecule has 0 aliphatic rings. The normalized spacial score (nSPS) is 12.2. The van der Waals surface area contributed by atoms with Crippen molar-refractivity contribution in [2.45, 2.75) is 45.7 Å². The molecule has 0 bridgehead atoms. The van der Waals surface area contributed by atoms with Gasteiger partial charge in [-0.25, -0.2) is 0 Å². The number of benzene rings is 1. The summed E-state index contributed by atoms with van der Waals surface area (Å²) >= 11 is 0. The molecule has 0 radical (unpaired) electrons. The summed E-state index contributed by atoms with van der Waals surface area (Å²) in [6.45, 7) is 3.81. The molecule has 0 heterocycles. The Labute approximate surface area is 191 Å². The molecule has 0 aromatic heterocycles. The Hall–Kier alpha value is -3.76. The lowest BCUT2D eigenvalue weighted by molar-refractivity contribution is -0.140. The molecule has 5 N–H and O–H groups in total. The smallest absolute Gasteiger partial charge is 0.305 e. The summed E-state index contributed by atoms with van der Waals surface area (Å²) in [5, 5.41) is 18.3. The lowest BCUT2D eigenvalue weighted by Crippen LogP contribution is -2.54. The number of Topliss-reactive ketones (excluding diaryl/α,β-unsaturated/α-hetero) is 1. The van der Waals surface area contributed by atoms with Crippen molar-refractivity contribution in [1.29, 1.82) is 0 Å². The van der Waals surface area contributed by atoms with Crippen LogP contribution in [0.4, 0.5) is 0 Å². The van der Waals surface area contributed by atoms with E-state index in [1.54, 1.807) is 26.0 Å². The predicted octanol–water partition coefficient (Wildman–Crippen LogP) is -0.849. The minimum absolute atomic E-state index is 0.164. The summed E-state index contributed by atoms with van der Waals surface area (Å²) < 4.78 is 0. The Morgan fingerprint density at radius 1 is 0.879 bits per heavy atom. The van der Waals surface area contributed by atoms with Gasteiger partial charge < -0.3 is 26.4 Å². The van der Waals surface area contributed by atoms with Crippen molar-refractivity contribution in [3.8, 4) is 0 Å². The van der Waals surface area contributed by atoms with Gasteiger partial charge in [-0.3, -0.25) is 28.8 Å². The van der Waals surface area contributed by atoms with E-state index < -0.39 is 54.6 Å². The fraction of sp³-hybridized carbons (Fsp3) is 0.455. The summed E-state index contributed by atoms with van der Waals surface area (Å²) in [4.78, 5) is 71.0. The number of carboxylic acids is 1. The molecule has 0 fully saturated rings. The van der Waals surface area contributed by atoms with E-state index in [0.29, 0.717) is 0 Å². The van der Waals surface area contributed by atoms with E-state index in [-0.39, 0.29) is 24.7 Å². The van der Waals surface area contributed by atoms with E-state index in [9.17, 15) is 28.8 Å². The first-order chi connectivity index (χ1) is 15.5. The van der Waals surface area contributed by atoms with Crippen LogP contribution < -0.4 is 21.3 Å². The highest BCUT2D eigenvalue weighted by Crippen LogP contribution is 2.03. The molecule has 0 saturated heterocycles. The van der Waals surface area contributed by atoms with Crippen molar-refractivity contribution in [1.82, 2.24) is 21.3 Å². The Morgan fingerprint density at radius 2 is 1.48 bits per heavy atom. The van der Waals surface area contributed by atoms with Gasteiger partial charge in [0.05, 0.1) is 19.5 Å². The molecule has 180 valence electrons. The minimum atomic E-state index is -1.34. The second-order valence-corrected chi connectivity index (χ2v) is 7.78. The molecular weight excluding hydrogens is 432 g/mol. The van der Waals surface area contributed by atoms with Crippen LogP contribution in [-0.2, 0) is 35.2 Å². The van der Waals surface area contributed by atoms with E-state index in [0.717, 1.165) is 12.5 Å². The molecule has 0 aliphatic carbocycles. The number of carbonyl (C=O) groups is 6.